The average Bonchev–Trinajstić information content (AvgIpc) is 2.68. The minimum absolute atomic E-state index is 0.116. The number of nitrogens with zero attached hydrogens (tertiary/aromatic N) is 3. The van der Waals surface area contributed by atoms with Crippen LogP contribution >= 0.6 is 11.3 Å². The van der Waals surface area contributed by atoms with E-state index in [1.54, 1.807) is 6.92 Å². The maximum Gasteiger partial charge on any atom is 0.304 e. The Morgan fingerprint density at radius 2 is 2.16 bits per heavy atom. The SMILES string of the molecule is C[C@@H](O)c1cc([N+](=O)[O-])c(N2CCCN(C)CC2)s1. The van der Waals surface area contributed by atoms with E-state index in [0.717, 1.165) is 32.6 Å². The van der Waals surface area contributed by atoms with Gasteiger partial charge in [0.25, 0.3) is 0 Å². The zero-order valence-electron chi connectivity index (χ0n) is 11.2. The quantitative estimate of drug-likeness (QED) is 0.678. The van der Waals surface area contributed by atoms with Crippen molar-refractivity contribution in [1.82, 2.24) is 4.90 Å². The number of hydrogen-bond donors (Lipinski definition) is 1. The molecule has 1 aromatic rings. The van der Waals surface area contributed by atoms with Crippen LogP contribution in [0.2, 0.25) is 0 Å². The molecule has 7 heteroatoms. The van der Waals surface area contributed by atoms with Crippen molar-refractivity contribution in [3.63, 3.8) is 0 Å². The first-order valence-corrected chi connectivity index (χ1v) is 7.20. The van der Waals surface area contributed by atoms with Gasteiger partial charge < -0.3 is 14.9 Å². The molecule has 0 aromatic carbocycles. The molecule has 6 nitrogen and oxygen atoms in total. The lowest BCUT2D eigenvalue weighted by atomic mass is 10.3. The van der Waals surface area contributed by atoms with Gasteiger partial charge in [-0.3, -0.25) is 10.1 Å². The molecule has 2 rings (SSSR count). The molecule has 1 aromatic heterocycles. The topological polar surface area (TPSA) is 69.8 Å². The highest BCUT2D eigenvalue weighted by molar-refractivity contribution is 7.16. The summed E-state index contributed by atoms with van der Waals surface area (Å²) in [5, 5.41) is 21.4. The van der Waals surface area contributed by atoms with Crippen LogP contribution in [0.15, 0.2) is 6.07 Å². The summed E-state index contributed by atoms with van der Waals surface area (Å²) in [7, 11) is 2.06. The van der Waals surface area contributed by atoms with Crippen molar-refractivity contribution in [3.8, 4) is 0 Å². The molecule has 2 heterocycles. The number of rotatable bonds is 3. The van der Waals surface area contributed by atoms with E-state index in [0.29, 0.717) is 9.88 Å². The molecule has 0 amide bonds. The molecule has 1 aliphatic rings. The van der Waals surface area contributed by atoms with Crippen molar-refractivity contribution in [2.45, 2.75) is 19.4 Å². The summed E-state index contributed by atoms with van der Waals surface area (Å²) in [4.78, 5) is 15.7. The number of likely N-dealkylation sites (N-methyl/N-ethyl adjacent to an activating group) is 1. The fraction of sp³-hybridized carbons (Fsp3) is 0.667. The van der Waals surface area contributed by atoms with Crippen LogP contribution in [0.5, 0.6) is 0 Å². The fourth-order valence-electron chi connectivity index (χ4n) is 2.20. The van der Waals surface area contributed by atoms with Crippen LogP contribution in [0, 0.1) is 10.1 Å². The number of hydrogen-bond acceptors (Lipinski definition) is 6. The molecule has 1 saturated heterocycles. The monoisotopic (exact) mass is 285 g/mol. The highest BCUT2D eigenvalue weighted by atomic mass is 32.1. The summed E-state index contributed by atoms with van der Waals surface area (Å²) in [5.41, 5.74) is 0.116. The van der Waals surface area contributed by atoms with Crippen molar-refractivity contribution in [2.24, 2.45) is 0 Å². The number of thiophene rings is 1. The molecule has 19 heavy (non-hydrogen) atoms. The first-order valence-electron chi connectivity index (χ1n) is 6.38. The summed E-state index contributed by atoms with van der Waals surface area (Å²) >= 11 is 1.33. The van der Waals surface area contributed by atoms with Crippen molar-refractivity contribution in [3.05, 3.63) is 21.1 Å². The third-order valence-electron chi connectivity index (χ3n) is 3.33. The molecule has 106 valence electrons. The minimum atomic E-state index is -0.660. The van der Waals surface area contributed by atoms with E-state index in [2.05, 4.69) is 16.8 Å². The van der Waals surface area contributed by atoms with Crippen molar-refractivity contribution in [1.29, 1.82) is 0 Å². The molecule has 0 radical (unpaired) electrons. The normalized spacial score (nSPS) is 19.2. The van der Waals surface area contributed by atoms with E-state index in [4.69, 9.17) is 0 Å². The first-order chi connectivity index (χ1) is 8.99. The molecule has 1 fully saturated rings. The molecular weight excluding hydrogens is 266 g/mol. The number of nitro groups is 1. The van der Waals surface area contributed by atoms with Gasteiger partial charge in [0, 0.05) is 30.6 Å². The zero-order valence-corrected chi connectivity index (χ0v) is 12.0. The van der Waals surface area contributed by atoms with Crippen LogP contribution in [0.3, 0.4) is 0 Å². The van der Waals surface area contributed by atoms with Gasteiger partial charge in [-0.2, -0.15) is 0 Å². The lowest BCUT2D eigenvalue weighted by Gasteiger charge is -2.20. The van der Waals surface area contributed by atoms with Crippen molar-refractivity contribution in [2.75, 3.05) is 38.1 Å². The predicted molar refractivity (Wildman–Crippen MR) is 75.9 cm³/mol. The Hall–Kier alpha value is -1.18. The Morgan fingerprint density at radius 1 is 1.42 bits per heavy atom. The summed E-state index contributed by atoms with van der Waals surface area (Å²) in [6, 6.07) is 1.50. The van der Waals surface area contributed by atoms with Crippen LogP contribution in [0.25, 0.3) is 0 Å². The molecule has 0 saturated carbocycles. The van der Waals surface area contributed by atoms with Gasteiger partial charge >= 0.3 is 5.69 Å². The van der Waals surface area contributed by atoms with Gasteiger partial charge in [0.05, 0.1) is 11.0 Å². The van der Waals surface area contributed by atoms with Crippen LogP contribution in [0.1, 0.15) is 24.3 Å². The molecule has 1 aliphatic heterocycles. The Kier molecular flexibility index (Phi) is 4.38. The second kappa shape index (κ2) is 5.85. The summed E-state index contributed by atoms with van der Waals surface area (Å²) < 4.78 is 0. The Balaban J connectivity index is 2.29. The van der Waals surface area contributed by atoms with E-state index in [1.807, 2.05) is 0 Å². The third-order valence-corrected chi connectivity index (χ3v) is 4.68. The smallest absolute Gasteiger partial charge is 0.304 e. The van der Waals surface area contributed by atoms with Crippen molar-refractivity contribution < 1.29 is 10.0 Å². The van der Waals surface area contributed by atoms with E-state index in [-0.39, 0.29) is 10.6 Å². The van der Waals surface area contributed by atoms with Gasteiger partial charge in [-0.15, -0.1) is 11.3 Å². The number of aliphatic hydroxyl groups is 1. The number of anilines is 1. The summed E-state index contributed by atoms with van der Waals surface area (Å²) in [6.07, 6.45) is 0.336. The summed E-state index contributed by atoms with van der Waals surface area (Å²) in [5.74, 6) is 0. The Labute approximate surface area is 116 Å². The lowest BCUT2D eigenvalue weighted by molar-refractivity contribution is -0.383. The molecule has 1 N–H and O–H groups in total. The highest BCUT2D eigenvalue weighted by Crippen LogP contribution is 2.40. The van der Waals surface area contributed by atoms with E-state index in [1.165, 1.54) is 17.4 Å². The van der Waals surface area contributed by atoms with Gasteiger partial charge in [-0.25, -0.2) is 0 Å². The molecular formula is C12H19N3O3S. The largest absolute Gasteiger partial charge is 0.388 e. The molecule has 0 bridgehead atoms. The summed E-state index contributed by atoms with van der Waals surface area (Å²) in [6.45, 7) is 5.16. The molecule has 0 aliphatic carbocycles. The Bertz CT molecular complexity index is 461. The predicted octanol–water partition coefficient (Wildman–Crippen LogP) is 1.85. The van der Waals surface area contributed by atoms with Crippen LogP contribution in [-0.2, 0) is 0 Å². The lowest BCUT2D eigenvalue weighted by Crippen LogP contribution is -2.28. The van der Waals surface area contributed by atoms with Crippen LogP contribution in [-0.4, -0.2) is 48.2 Å². The minimum Gasteiger partial charge on any atom is -0.388 e. The number of aliphatic hydroxyl groups excluding tert-OH is 1. The van der Waals surface area contributed by atoms with Gasteiger partial charge in [0.15, 0.2) is 5.00 Å². The third kappa shape index (κ3) is 3.23. The zero-order chi connectivity index (χ0) is 14.0. The highest BCUT2D eigenvalue weighted by Gasteiger charge is 2.26. The second-order valence-electron chi connectivity index (χ2n) is 4.92. The van der Waals surface area contributed by atoms with Gasteiger partial charge in [0.1, 0.15) is 0 Å². The standard InChI is InChI=1S/C12H19N3O3S/c1-9(16)11-8-10(15(17)18)12(19-11)14-5-3-4-13(2)6-7-14/h8-9,16H,3-7H2,1-2H3/t9-/m1/s1. The maximum atomic E-state index is 11.1. The van der Waals surface area contributed by atoms with Gasteiger partial charge in [-0.1, -0.05) is 0 Å². The maximum absolute atomic E-state index is 11.1. The van der Waals surface area contributed by atoms with Crippen LogP contribution < -0.4 is 4.90 Å². The first kappa shape index (κ1) is 14.2. The van der Waals surface area contributed by atoms with Crippen LogP contribution in [0.4, 0.5) is 10.7 Å². The van der Waals surface area contributed by atoms with Crippen molar-refractivity contribution >= 4 is 22.0 Å². The van der Waals surface area contributed by atoms with E-state index in [9.17, 15) is 15.2 Å². The Morgan fingerprint density at radius 3 is 2.79 bits per heavy atom. The fourth-order valence-corrected chi connectivity index (χ4v) is 3.32. The average molecular weight is 285 g/mol. The second-order valence-corrected chi connectivity index (χ2v) is 5.98. The molecule has 0 spiro atoms. The van der Waals surface area contributed by atoms with E-state index >= 15 is 0 Å². The van der Waals surface area contributed by atoms with E-state index < -0.39 is 6.10 Å². The molecule has 0 unspecified atom stereocenters. The van der Waals surface area contributed by atoms with Gasteiger partial charge in [0.2, 0.25) is 0 Å². The molecule has 1 atom stereocenters. The van der Waals surface area contributed by atoms with Gasteiger partial charge in [-0.05, 0) is 26.9 Å².